The summed E-state index contributed by atoms with van der Waals surface area (Å²) >= 11 is 0. The first-order chi connectivity index (χ1) is 16.6. The van der Waals surface area contributed by atoms with Crippen LogP contribution in [0, 0.1) is 11.6 Å². The van der Waals surface area contributed by atoms with Gasteiger partial charge in [0, 0.05) is 12.0 Å². The quantitative estimate of drug-likeness (QED) is 0.358. The van der Waals surface area contributed by atoms with Gasteiger partial charge in [-0.25, -0.2) is 8.78 Å². The van der Waals surface area contributed by atoms with Gasteiger partial charge in [-0.1, -0.05) is 58.9 Å². The molecule has 0 amide bonds. The van der Waals surface area contributed by atoms with E-state index in [0.29, 0.717) is 23.3 Å². The molecule has 0 unspecified atom stereocenters. The zero-order valence-electron chi connectivity index (χ0n) is 21.2. The Kier molecular flexibility index (Phi) is 9.81. The summed E-state index contributed by atoms with van der Waals surface area (Å²) in [6.07, 6.45) is 0.253. The van der Waals surface area contributed by atoms with Crippen molar-refractivity contribution in [1.29, 1.82) is 0 Å². The summed E-state index contributed by atoms with van der Waals surface area (Å²) < 4.78 is 39.9. The highest BCUT2D eigenvalue weighted by molar-refractivity contribution is 5.71. The molecule has 0 spiro atoms. The Bertz CT molecular complexity index is 1150. The molecule has 0 saturated carbocycles. The molecule has 35 heavy (non-hydrogen) atoms. The molecule has 0 aliphatic heterocycles. The standard InChI is InChI=1S/C27H28F2O4.C2H6/c1-27(2,3)22-13-18(5-9-20(22)21-15-19(32-4)8-11-23(21)28)16-33-25-14-17(6-10-24(25)29)7-12-26(30)31;1-2/h5-6,8-11,13-15H,7,12,16H2,1-4H3,(H,30,31);1-2H3. The van der Waals surface area contributed by atoms with Crippen LogP contribution < -0.4 is 9.47 Å². The van der Waals surface area contributed by atoms with Gasteiger partial charge >= 0.3 is 5.97 Å². The number of halogens is 2. The largest absolute Gasteiger partial charge is 0.497 e. The molecule has 3 aromatic rings. The van der Waals surface area contributed by atoms with E-state index >= 15 is 0 Å². The maximum atomic E-state index is 14.7. The van der Waals surface area contributed by atoms with E-state index < -0.39 is 11.8 Å². The molecule has 6 heteroatoms. The molecule has 0 aromatic heterocycles. The van der Waals surface area contributed by atoms with Crippen molar-refractivity contribution >= 4 is 5.97 Å². The van der Waals surface area contributed by atoms with Gasteiger partial charge in [0.2, 0.25) is 0 Å². The Labute approximate surface area is 206 Å². The number of carboxylic acids is 1. The number of carbonyl (C=O) groups is 1. The van der Waals surface area contributed by atoms with Crippen molar-refractivity contribution < 1.29 is 28.2 Å². The third-order valence-corrected chi connectivity index (χ3v) is 5.37. The van der Waals surface area contributed by atoms with Crippen LogP contribution in [0.15, 0.2) is 54.6 Å². The lowest BCUT2D eigenvalue weighted by Crippen LogP contribution is -2.14. The fourth-order valence-electron chi connectivity index (χ4n) is 3.60. The average molecular weight is 485 g/mol. The minimum Gasteiger partial charge on any atom is -0.497 e. The van der Waals surface area contributed by atoms with Crippen molar-refractivity contribution in [3.05, 3.63) is 82.9 Å². The summed E-state index contributed by atoms with van der Waals surface area (Å²) in [5, 5.41) is 8.86. The van der Waals surface area contributed by atoms with E-state index in [1.165, 1.54) is 25.3 Å². The van der Waals surface area contributed by atoms with Crippen molar-refractivity contribution in [1.82, 2.24) is 0 Å². The van der Waals surface area contributed by atoms with Crippen LogP contribution in [0.25, 0.3) is 11.1 Å². The van der Waals surface area contributed by atoms with Crippen LogP contribution in [-0.4, -0.2) is 18.2 Å². The zero-order chi connectivity index (χ0) is 26.2. The number of hydrogen-bond donors (Lipinski definition) is 1. The van der Waals surface area contributed by atoms with Gasteiger partial charge in [-0.3, -0.25) is 4.79 Å². The minimum absolute atomic E-state index is 0.0394. The summed E-state index contributed by atoms with van der Waals surface area (Å²) in [4.78, 5) is 10.8. The molecule has 0 heterocycles. The van der Waals surface area contributed by atoms with Crippen molar-refractivity contribution in [3.8, 4) is 22.6 Å². The SMILES string of the molecule is CC.COc1ccc(F)c(-c2ccc(COc3cc(CCC(=O)O)ccc3F)cc2C(C)(C)C)c1. The number of methoxy groups -OCH3 is 1. The van der Waals surface area contributed by atoms with E-state index in [4.69, 9.17) is 14.6 Å². The third-order valence-electron chi connectivity index (χ3n) is 5.37. The molecule has 1 N–H and O–H groups in total. The van der Waals surface area contributed by atoms with Gasteiger partial charge in [0.25, 0.3) is 0 Å². The second-order valence-electron chi connectivity index (χ2n) is 8.92. The van der Waals surface area contributed by atoms with Crippen molar-refractivity contribution in [3.63, 3.8) is 0 Å². The number of aryl methyl sites for hydroxylation is 1. The average Bonchev–Trinajstić information content (AvgIpc) is 2.83. The first kappa shape index (κ1) is 27.8. The van der Waals surface area contributed by atoms with Crippen LogP contribution in [0.1, 0.15) is 57.7 Å². The smallest absolute Gasteiger partial charge is 0.303 e. The first-order valence-corrected chi connectivity index (χ1v) is 11.7. The predicted molar refractivity (Wildman–Crippen MR) is 135 cm³/mol. The summed E-state index contributed by atoms with van der Waals surface area (Å²) in [6.45, 7) is 10.2. The van der Waals surface area contributed by atoms with Crippen molar-refractivity contribution in [2.75, 3.05) is 7.11 Å². The van der Waals surface area contributed by atoms with E-state index in [1.807, 2.05) is 52.8 Å². The second kappa shape index (κ2) is 12.3. The van der Waals surface area contributed by atoms with Gasteiger partial charge in [0.05, 0.1) is 7.11 Å². The lowest BCUT2D eigenvalue weighted by atomic mass is 9.81. The van der Waals surface area contributed by atoms with Crippen LogP contribution in [0.4, 0.5) is 8.78 Å². The van der Waals surface area contributed by atoms with E-state index in [0.717, 1.165) is 16.7 Å². The maximum Gasteiger partial charge on any atom is 0.303 e. The molecule has 0 atom stereocenters. The van der Waals surface area contributed by atoms with Crippen LogP contribution >= 0.6 is 0 Å². The molecule has 4 nitrogen and oxygen atoms in total. The van der Waals surface area contributed by atoms with Crippen LogP contribution in [0.3, 0.4) is 0 Å². The zero-order valence-corrected chi connectivity index (χ0v) is 21.2. The fraction of sp³-hybridized carbons (Fsp3) is 0.345. The molecule has 0 aliphatic rings. The Balaban J connectivity index is 0.00000210. The number of benzene rings is 3. The number of carboxylic acid groups (broad SMARTS) is 1. The fourth-order valence-corrected chi connectivity index (χ4v) is 3.60. The molecule has 0 bridgehead atoms. The molecule has 0 aliphatic carbocycles. The van der Waals surface area contributed by atoms with Gasteiger partial charge < -0.3 is 14.6 Å². The normalized spacial score (nSPS) is 10.9. The molecule has 3 aromatic carbocycles. The second-order valence-corrected chi connectivity index (χ2v) is 8.92. The molecule has 0 saturated heterocycles. The van der Waals surface area contributed by atoms with E-state index in [9.17, 15) is 13.6 Å². The summed E-state index contributed by atoms with van der Waals surface area (Å²) in [7, 11) is 1.54. The Morgan fingerprint density at radius 3 is 2.17 bits per heavy atom. The summed E-state index contributed by atoms with van der Waals surface area (Å²) in [5.74, 6) is -1.13. The van der Waals surface area contributed by atoms with E-state index in [2.05, 4.69) is 0 Å². The lowest BCUT2D eigenvalue weighted by Gasteiger charge is -2.24. The van der Waals surface area contributed by atoms with Crippen LogP contribution in [-0.2, 0) is 23.2 Å². The molecular weight excluding hydrogens is 450 g/mol. The monoisotopic (exact) mass is 484 g/mol. The van der Waals surface area contributed by atoms with Gasteiger partial charge in [0.1, 0.15) is 18.2 Å². The lowest BCUT2D eigenvalue weighted by molar-refractivity contribution is -0.136. The van der Waals surface area contributed by atoms with Crippen molar-refractivity contribution in [2.24, 2.45) is 0 Å². The molecular formula is C29H34F2O4. The number of rotatable bonds is 8. The molecule has 0 fully saturated rings. The van der Waals surface area contributed by atoms with Crippen LogP contribution in [0.5, 0.6) is 11.5 Å². The highest BCUT2D eigenvalue weighted by atomic mass is 19.1. The Morgan fingerprint density at radius 2 is 1.54 bits per heavy atom. The van der Waals surface area contributed by atoms with E-state index in [1.54, 1.807) is 18.2 Å². The van der Waals surface area contributed by atoms with Crippen molar-refractivity contribution in [2.45, 2.75) is 59.5 Å². The van der Waals surface area contributed by atoms with E-state index in [-0.39, 0.29) is 30.0 Å². The Hall–Kier alpha value is -3.41. The molecule has 3 rings (SSSR count). The molecule has 188 valence electrons. The summed E-state index contributed by atoms with van der Waals surface area (Å²) in [5.41, 5.74) is 3.33. The first-order valence-electron chi connectivity index (χ1n) is 11.7. The van der Waals surface area contributed by atoms with Gasteiger partial charge in [0.15, 0.2) is 11.6 Å². The Morgan fingerprint density at radius 1 is 0.886 bits per heavy atom. The number of hydrogen-bond acceptors (Lipinski definition) is 3. The van der Waals surface area contributed by atoms with Crippen LogP contribution in [0.2, 0.25) is 0 Å². The highest BCUT2D eigenvalue weighted by Gasteiger charge is 2.22. The number of ether oxygens (including phenoxy) is 2. The maximum absolute atomic E-state index is 14.7. The van der Waals surface area contributed by atoms with Gasteiger partial charge in [-0.2, -0.15) is 0 Å². The van der Waals surface area contributed by atoms with Gasteiger partial charge in [-0.05, 0) is 64.4 Å². The predicted octanol–water partition coefficient (Wildman–Crippen LogP) is 7.56. The number of aliphatic carboxylic acids is 1. The molecule has 0 radical (unpaired) electrons. The highest BCUT2D eigenvalue weighted by Crippen LogP contribution is 2.37. The van der Waals surface area contributed by atoms with Gasteiger partial charge in [-0.15, -0.1) is 0 Å². The summed E-state index contributed by atoms with van der Waals surface area (Å²) in [6, 6.07) is 14.6. The third kappa shape index (κ3) is 7.54. The minimum atomic E-state index is -0.913. The topological polar surface area (TPSA) is 55.8 Å².